The van der Waals surface area contributed by atoms with E-state index in [-0.39, 0.29) is 5.82 Å². The highest BCUT2D eigenvalue weighted by molar-refractivity contribution is 5.70. The van der Waals surface area contributed by atoms with Crippen molar-refractivity contribution in [2.24, 2.45) is 5.73 Å². The third-order valence-electron chi connectivity index (χ3n) is 3.55. The molecule has 0 saturated heterocycles. The average Bonchev–Trinajstić information content (AvgIpc) is 2.47. The Balaban J connectivity index is 2.32. The number of nitrogens with two attached hydrogens (primary N) is 1. The highest BCUT2D eigenvalue weighted by atomic mass is 19.1. The van der Waals surface area contributed by atoms with Crippen LogP contribution in [0.15, 0.2) is 42.5 Å². The molecule has 0 spiro atoms. The lowest BCUT2D eigenvalue weighted by Gasteiger charge is -2.13. The minimum atomic E-state index is -0.263. The molecule has 0 amide bonds. The highest BCUT2D eigenvalue weighted by Crippen LogP contribution is 2.31. The largest absolute Gasteiger partial charge is 0.496 e. The maximum absolute atomic E-state index is 13.4. The van der Waals surface area contributed by atoms with Gasteiger partial charge in [-0.2, -0.15) is 0 Å². The molecule has 3 heteroatoms. The molecule has 0 bridgehead atoms. The third-order valence-corrected chi connectivity index (χ3v) is 3.55. The van der Waals surface area contributed by atoms with Crippen LogP contribution in [0.1, 0.15) is 24.8 Å². The second kappa shape index (κ2) is 6.53. The molecule has 0 heterocycles. The van der Waals surface area contributed by atoms with Crippen LogP contribution in [-0.2, 0) is 0 Å². The Morgan fingerprint density at radius 2 is 1.85 bits per heavy atom. The molecule has 20 heavy (non-hydrogen) atoms. The molecule has 1 atom stereocenters. The Morgan fingerprint density at radius 3 is 2.45 bits per heavy atom. The fraction of sp³-hybridized carbons (Fsp3) is 0.294. The third kappa shape index (κ3) is 3.17. The fourth-order valence-corrected chi connectivity index (χ4v) is 2.31. The van der Waals surface area contributed by atoms with E-state index in [2.05, 4.69) is 19.1 Å². The van der Waals surface area contributed by atoms with Gasteiger partial charge in [-0.3, -0.25) is 0 Å². The smallest absolute Gasteiger partial charge is 0.126 e. The maximum atomic E-state index is 13.4. The monoisotopic (exact) mass is 273 g/mol. The second-order valence-corrected chi connectivity index (χ2v) is 4.95. The zero-order valence-electron chi connectivity index (χ0n) is 11.9. The molecule has 0 aliphatic rings. The number of hydrogen-bond acceptors (Lipinski definition) is 2. The predicted molar refractivity (Wildman–Crippen MR) is 80.5 cm³/mol. The molecular weight excluding hydrogens is 253 g/mol. The van der Waals surface area contributed by atoms with Crippen LogP contribution < -0.4 is 10.5 Å². The highest BCUT2D eigenvalue weighted by Gasteiger charge is 2.09. The molecule has 0 aromatic heterocycles. The zero-order chi connectivity index (χ0) is 14.5. The van der Waals surface area contributed by atoms with Gasteiger partial charge in [0, 0.05) is 5.56 Å². The Morgan fingerprint density at radius 1 is 1.15 bits per heavy atom. The van der Waals surface area contributed by atoms with E-state index in [1.165, 1.54) is 17.7 Å². The van der Waals surface area contributed by atoms with E-state index in [1.807, 2.05) is 12.1 Å². The van der Waals surface area contributed by atoms with E-state index in [1.54, 1.807) is 13.2 Å². The molecule has 2 N–H and O–H groups in total. The van der Waals surface area contributed by atoms with Gasteiger partial charge in [-0.05, 0) is 48.2 Å². The summed E-state index contributed by atoms with van der Waals surface area (Å²) in [5.74, 6) is 0.846. The number of rotatable bonds is 5. The first-order valence-corrected chi connectivity index (χ1v) is 6.79. The number of halogens is 1. The summed E-state index contributed by atoms with van der Waals surface area (Å²) >= 11 is 0. The quantitative estimate of drug-likeness (QED) is 0.895. The van der Waals surface area contributed by atoms with Crippen molar-refractivity contribution in [2.75, 3.05) is 13.7 Å². The van der Waals surface area contributed by atoms with Crippen molar-refractivity contribution in [1.82, 2.24) is 0 Å². The molecule has 0 aliphatic heterocycles. The van der Waals surface area contributed by atoms with Gasteiger partial charge in [0.05, 0.1) is 7.11 Å². The summed E-state index contributed by atoms with van der Waals surface area (Å²) in [5.41, 5.74) is 8.55. The van der Waals surface area contributed by atoms with Crippen LogP contribution in [0.4, 0.5) is 4.39 Å². The summed E-state index contributed by atoms with van der Waals surface area (Å²) in [5, 5.41) is 0. The topological polar surface area (TPSA) is 35.2 Å². The van der Waals surface area contributed by atoms with Gasteiger partial charge in [0.2, 0.25) is 0 Å². The Hall–Kier alpha value is -1.87. The van der Waals surface area contributed by atoms with Crippen molar-refractivity contribution in [3.63, 3.8) is 0 Å². The van der Waals surface area contributed by atoms with Crippen LogP contribution in [0.2, 0.25) is 0 Å². The summed E-state index contributed by atoms with van der Waals surface area (Å²) in [6, 6.07) is 12.7. The van der Waals surface area contributed by atoms with Crippen molar-refractivity contribution < 1.29 is 9.13 Å². The first-order chi connectivity index (χ1) is 9.65. The van der Waals surface area contributed by atoms with Crippen LogP contribution in [0.5, 0.6) is 5.75 Å². The summed E-state index contributed by atoms with van der Waals surface area (Å²) in [7, 11) is 1.59. The van der Waals surface area contributed by atoms with Crippen LogP contribution >= 0.6 is 0 Å². The van der Waals surface area contributed by atoms with E-state index >= 15 is 0 Å². The lowest BCUT2D eigenvalue weighted by Crippen LogP contribution is -2.04. The Labute approximate surface area is 119 Å². The minimum Gasteiger partial charge on any atom is -0.496 e. The molecule has 2 aromatic carbocycles. The number of hydrogen-bond donors (Lipinski definition) is 1. The van der Waals surface area contributed by atoms with Crippen LogP contribution in [-0.4, -0.2) is 13.7 Å². The second-order valence-electron chi connectivity index (χ2n) is 4.95. The molecule has 2 rings (SSSR count). The normalized spacial score (nSPS) is 12.2. The summed E-state index contributed by atoms with van der Waals surface area (Å²) in [4.78, 5) is 0. The van der Waals surface area contributed by atoms with Crippen molar-refractivity contribution in [3.05, 3.63) is 53.8 Å². The zero-order valence-corrected chi connectivity index (χ0v) is 11.9. The SMILES string of the molecule is COc1ccc(F)cc1-c1ccc(C(C)CCN)cc1. The lowest BCUT2D eigenvalue weighted by molar-refractivity contribution is 0.415. The number of benzene rings is 2. The minimum absolute atomic E-state index is 0.263. The van der Waals surface area contributed by atoms with Gasteiger partial charge in [-0.25, -0.2) is 4.39 Å². The van der Waals surface area contributed by atoms with E-state index in [0.29, 0.717) is 18.2 Å². The van der Waals surface area contributed by atoms with Gasteiger partial charge in [0.1, 0.15) is 11.6 Å². The summed E-state index contributed by atoms with van der Waals surface area (Å²) in [6.45, 7) is 2.84. The fourth-order valence-electron chi connectivity index (χ4n) is 2.31. The molecule has 0 fully saturated rings. The van der Waals surface area contributed by atoms with Crippen molar-refractivity contribution in [3.8, 4) is 16.9 Å². The Bertz CT molecular complexity index is 566. The van der Waals surface area contributed by atoms with Gasteiger partial charge in [0.15, 0.2) is 0 Å². The van der Waals surface area contributed by atoms with E-state index in [9.17, 15) is 4.39 Å². The summed E-state index contributed by atoms with van der Waals surface area (Å²) < 4.78 is 18.7. The van der Waals surface area contributed by atoms with E-state index < -0.39 is 0 Å². The predicted octanol–water partition coefficient (Wildman–Crippen LogP) is 3.95. The summed E-state index contributed by atoms with van der Waals surface area (Å²) in [6.07, 6.45) is 0.961. The first-order valence-electron chi connectivity index (χ1n) is 6.79. The van der Waals surface area contributed by atoms with E-state index in [0.717, 1.165) is 17.5 Å². The van der Waals surface area contributed by atoms with Gasteiger partial charge >= 0.3 is 0 Å². The Kier molecular flexibility index (Phi) is 4.74. The molecule has 2 aromatic rings. The van der Waals surface area contributed by atoms with Gasteiger partial charge in [0.25, 0.3) is 0 Å². The van der Waals surface area contributed by atoms with Crippen molar-refractivity contribution >= 4 is 0 Å². The molecular formula is C17H20FNO. The molecule has 2 nitrogen and oxygen atoms in total. The molecule has 106 valence electrons. The standard InChI is InChI=1S/C17H20FNO/c1-12(9-10-19)13-3-5-14(6-4-13)16-11-15(18)7-8-17(16)20-2/h3-8,11-12H,9-10,19H2,1-2H3. The van der Waals surface area contributed by atoms with Crippen LogP contribution in [0.3, 0.4) is 0 Å². The van der Waals surface area contributed by atoms with Gasteiger partial charge in [-0.15, -0.1) is 0 Å². The lowest BCUT2D eigenvalue weighted by atomic mass is 9.95. The van der Waals surface area contributed by atoms with Crippen LogP contribution in [0.25, 0.3) is 11.1 Å². The first kappa shape index (κ1) is 14.5. The number of ether oxygens (including phenoxy) is 1. The van der Waals surface area contributed by atoms with Gasteiger partial charge < -0.3 is 10.5 Å². The van der Waals surface area contributed by atoms with Crippen molar-refractivity contribution in [1.29, 1.82) is 0 Å². The molecule has 0 aliphatic carbocycles. The van der Waals surface area contributed by atoms with Crippen molar-refractivity contribution in [2.45, 2.75) is 19.3 Å². The maximum Gasteiger partial charge on any atom is 0.126 e. The number of methoxy groups -OCH3 is 1. The van der Waals surface area contributed by atoms with Crippen LogP contribution in [0, 0.1) is 5.82 Å². The van der Waals surface area contributed by atoms with E-state index in [4.69, 9.17) is 10.5 Å². The molecule has 0 radical (unpaired) electrons. The molecule has 0 saturated carbocycles. The average molecular weight is 273 g/mol. The molecule has 1 unspecified atom stereocenters. The van der Waals surface area contributed by atoms with Gasteiger partial charge in [-0.1, -0.05) is 31.2 Å².